The normalized spacial score (nSPS) is 21.2. The molecule has 168 valence electrons. The Labute approximate surface area is 198 Å². The van der Waals surface area contributed by atoms with Gasteiger partial charge < -0.3 is 20.9 Å². The zero-order chi connectivity index (χ0) is 20.5. The Hall–Kier alpha value is -1.39. The van der Waals surface area contributed by atoms with Gasteiger partial charge in [0.1, 0.15) is 0 Å². The quantitative estimate of drug-likeness (QED) is 0.243. The summed E-state index contributed by atoms with van der Waals surface area (Å²) in [6.45, 7) is 8.90. The van der Waals surface area contributed by atoms with Gasteiger partial charge in [-0.25, -0.2) is 0 Å². The minimum Gasteiger partial charge on any atom is -0.369 e. The Bertz CT molecular complexity index is 663. The second-order valence-corrected chi connectivity index (χ2v) is 8.12. The van der Waals surface area contributed by atoms with E-state index in [0.29, 0.717) is 0 Å². The van der Waals surface area contributed by atoms with E-state index < -0.39 is 0 Å². The average molecular weight is 528 g/mol. The van der Waals surface area contributed by atoms with Crippen LogP contribution in [0.2, 0.25) is 0 Å². The maximum atomic E-state index is 11.4. The Kier molecular flexibility index (Phi) is 10.9. The number of carbonyl (C=O) groups is 1. The number of nitrogens with two attached hydrogens (primary N) is 1. The minimum absolute atomic E-state index is 0. The first-order valence-electron chi connectivity index (χ1n) is 10.9. The summed E-state index contributed by atoms with van der Waals surface area (Å²) >= 11 is 0. The number of likely N-dealkylation sites (tertiary alicyclic amines) is 1. The van der Waals surface area contributed by atoms with Crippen molar-refractivity contribution in [2.45, 2.75) is 25.8 Å². The van der Waals surface area contributed by atoms with Crippen molar-refractivity contribution in [3.8, 4) is 0 Å². The van der Waals surface area contributed by atoms with E-state index in [-0.39, 0.29) is 35.8 Å². The Morgan fingerprint density at radius 2 is 1.87 bits per heavy atom. The van der Waals surface area contributed by atoms with Crippen molar-refractivity contribution in [2.24, 2.45) is 16.6 Å². The summed E-state index contributed by atoms with van der Waals surface area (Å²) < 4.78 is 0. The van der Waals surface area contributed by atoms with Crippen molar-refractivity contribution in [2.75, 3.05) is 59.4 Å². The molecule has 3 rings (SSSR count). The smallest absolute Gasteiger partial charge is 0.221 e. The molecule has 2 aliphatic heterocycles. The maximum Gasteiger partial charge on any atom is 0.221 e. The monoisotopic (exact) mass is 528 g/mol. The third-order valence-corrected chi connectivity index (χ3v) is 5.97. The predicted octanol–water partition coefficient (Wildman–Crippen LogP) is 1.59. The second kappa shape index (κ2) is 13.1. The van der Waals surface area contributed by atoms with Gasteiger partial charge in [-0.2, -0.15) is 0 Å². The number of nitrogens with zero attached hydrogens (tertiary/aromatic N) is 4. The third kappa shape index (κ3) is 7.70. The van der Waals surface area contributed by atoms with Gasteiger partial charge in [0.2, 0.25) is 5.91 Å². The number of nitrogens with one attached hydrogen (secondary N) is 1. The predicted molar refractivity (Wildman–Crippen MR) is 133 cm³/mol. The van der Waals surface area contributed by atoms with E-state index in [1.54, 1.807) is 0 Å². The van der Waals surface area contributed by atoms with E-state index in [2.05, 4.69) is 55.3 Å². The zero-order valence-electron chi connectivity index (χ0n) is 18.1. The number of halogens is 1. The highest BCUT2D eigenvalue weighted by Gasteiger charge is 2.23. The molecule has 2 fully saturated rings. The average Bonchev–Trinajstić information content (AvgIpc) is 2.75. The van der Waals surface area contributed by atoms with Crippen molar-refractivity contribution in [3.63, 3.8) is 0 Å². The van der Waals surface area contributed by atoms with E-state index in [1.165, 1.54) is 5.56 Å². The van der Waals surface area contributed by atoms with Crippen molar-refractivity contribution in [3.05, 3.63) is 35.9 Å². The molecule has 30 heavy (non-hydrogen) atoms. The molecule has 2 saturated heterocycles. The summed E-state index contributed by atoms with van der Waals surface area (Å²) in [4.78, 5) is 23.1. The molecule has 8 heteroatoms. The zero-order valence-corrected chi connectivity index (χ0v) is 20.5. The van der Waals surface area contributed by atoms with Crippen LogP contribution >= 0.6 is 24.0 Å². The van der Waals surface area contributed by atoms with Crippen molar-refractivity contribution < 1.29 is 4.79 Å². The lowest BCUT2D eigenvalue weighted by Gasteiger charge is -2.36. The van der Waals surface area contributed by atoms with Crippen molar-refractivity contribution in [1.29, 1.82) is 0 Å². The molecule has 1 amide bonds. The fourth-order valence-corrected chi connectivity index (χ4v) is 4.29. The van der Waals surface area contributed by atoms with Gasteiger partial charge in [-0.05, 0) is 37.9 Å². The fraction of sp³-hybridized carbons (Fsp3) is 0.636. The topological polar surface area (TPSA) is 77.2 Å². The largest absolute Gasteiger partial charge is 0.369 e. The van der Waals surface area contributed by atoms with Crippen LogP contribution in [0.4, 0.5) is 0 Å². The molecule has 0 radical (unpaired) electrons. The lowest BCUT2D eigenvalue weighted by Crippen LogP contribution is -2.52. The lowest BCUT2D eigenvalue weighted by atomic mass is 9.97. The highest BCUT2D eigenvalue weighted by Crippen LogP contribution is 2.16. The highest BCUT2D eigenvalue weighted by molar-refractivity contribution is 14.0. The molecule has 0 aromatic heterocycles. The lowest BCUT2D eigenvalue weighted by molar-refractivity contribution is -0.123. The number of piperazine rings is 1. The number of carbonyl (C=O) groups excluding carboxylic acids is 1. The Morgan fingerprint density at radius 3 is 2.53 bits per heavy atom. The molecule has 0 saturated carbocycles. The first-order valence-corrected chi connectivity index (χ1v) is 10.9. The first-order chi connectivity index (χ1) is 14.2. The number of amides is 1. The number of guanidine groups is 1. The number of hydrogen-bond donors (Lipinski definition) is 2. The van der Waals surface area contributed by atoms with Crippen LogP contribution in [0.15, 0.2) is 35.3 Å². The molecule has 3 N–H and O–H groups in total. The van der Waals surface area contributed by atoms with Crippen LogP contribution in [0.5, 0.6) is 0 Å². The van der Waals surface area contributed by atoms with Crippen LogP contribution in [0, 0.1) is 5.92 Å². The molecular formula is C22H37IN6O. The first kappa shape index (κ1) is 24.9. The van der Waals surface area contributed by atoms with Crippen LogP contribution < -0.4 is 11.1 Å². The summed E-state index contributed by atoms with van der Waals surface area (Å²) in [5, 5.41) is 3.52. The number of aliphatic imine (C=N–C) groups is 1. The van der Waals surface area contributed by atoms with Gasteiger partial charge in [0.15, 0.2) is 5.96 Å². The van der Waals surface area contributed by atoms with Crippen molar-refractivity contribution >= 4 is 35.8 Å². The second-order valence-electron chi connectivity index (χ2n) is 8.12. The molecular weight excluding hydrogens is 491 g/mol. The molecule has 1 atom stereocenters. The van der Waals surface area contributed by atoms with Crippen molar-refractivity contribution in [1.82, 2.24) is 20.0 Å². The standard InChI is InChI=1S/C22H36N6O.HI/c1-24-22(25-10-6-12-26-11-5-9-20(18-26)21(23)29)28-15-13-27(14-16-28)17-19-7-3-2-4-8-19;/h2-4,7-8,20H,5-6,9-18H2,1H3,(H2,23,29)(H,24,25);1H. The van der Waals surface area contributed by atoms with E-state index in [9.17, 15) is 4.79 Å². The minimum atomic E-state index is -0.153. The van der Waals surface area contributed by atoms with Gasteiger partial charge >= 0.3 is 0 Å². The van der Waals surface area contributed by atoms with Gasteiger partial charge in [-0.1, -0.05) is 30.3 Å². The van der Waals surface area contributed by atoms with Gasteiger partial charge in [0, 0.05) is 52.9 Å². The third-order valence-electron chi connectivity index (χ3n) is 5.97. The summed E-state index contributed by atoms with van der Waals surface area (Å²) in [6.07, 6.45) is 3.04. The molecule has 1 aromatic carbocycles. The Morgan fingerprint density at radius 1 is 1.13 bits per heavy atom. The fourth-order valence-electron chi connectivity index (χ4n) is 4.29. The number of piperidine rings is 1. The maximum absolute atomic E-state index is 11.4. The molecule has 0 spiro atoms. The summed E-state index contributed by atoms with van der Waals surface area (Å²) in [6, 6.07) is 10.7. The van der Waals surface area contributed by atoms with Gasteiger partial charge in [-0.3, -0.25) is 14.7 Å². The molecule has 1 aromatic rings. The molecule has 2 aliphatic rings. The molecule has 0 aliphatic carbocycles. The number of hydrogen-bond acceptors (Lipinski definition) is 4. The van der Waals surface area contributed by atoms with Gasteiger partial charge in [0.25, 0.3) is 0 Å². The summed E-state index contributed by atoms with van der Waals surface area (Å²) in [7, 11) is 1.86. The number of rotatable bonds is 7. The van der Waals surface area contributed by atoms with E-state index in [4.69, 9.17) is 5.73 Å². The van der Waals surface area contributed by atoms with E-state index in [1.807, 2.05) is 7.05 Å². The Balaban J connectivity index is 0.00000320. The van der Waals surface area contributed by atoms with Crippen LogP contribution in [-0.4, -0.2) is 86.0 Å². The number of benzene rings is 1. The molecule has 0 bridgehead atoms. The number of primary amides is 1. The SMILES string of the molecule is CN=C(NCCCN1CCCC(C(N)=O)C1)N1CCN(Cc2ccccc2)CC1.I. The summed E-state index contributed by atoms with van der Waals surface area (Å²) in [5.41, 5.74) is 6.85. The van der Waals surface area contributed by atoms with Gasteiger partial charge in [-0.15, -0.1) is 24.0 Å². The van der Waals surface area contributed by atoms with Crippen LogP contribution in [0.1, 0.15) is 24.8 Å². The highest BCUT2D eigenvalue weighted by atomic mass is 127. The molecule has 7 nitrogen and oxygen atoms in total. The van der Waals surface area contributed by atoms with Crippen LogP contribution in [0.25, 0.3) is 0 Å². The van der Waals surface area contributed by atoms with Crippen LogP contribution in [-0.2, 0) is 11.3 Å². The summed E-state index contributed by atoms with van der Waals surface area (Å²) in [5.74, 6) is 0.870. The van der Waals surface area contributed by atoms with E-state index >= 15 is 0 Å². The van der Waals surface area contributed by atoms with Crippen LogP contribution in [0.3, 0.4) is 0 Å². The molecule has 1 unspecified atom stereocenters. The van der Waals surface area contributed by atoms with E-state index in [0.717, 1.165) is 84.1 Å². The molecule has 2 heterocycles. The van der Waals surface area contributed by atoms with Gasteiger partial charge in [0.05, 0.1) is 5.92 Å².